The van der Waals surface area contributed by atoms with Gasteiger partial charge in [-0.25, -0.2) is 4.98 Å². The molecule has 3 rings (SSSR count). The Bertz CT molecular complexity index is 772. The molecule has 22 heavy (non-hydrogen) atoms. The second-order valence-corrected chi connectivity index (χ2v) is 6.34. The number of aromatic nitrogens is 4. The molecule has 3 aromatic rings. The normalized spacial score (nSPS) is 11.2. The number of hydrogen-bond donors (Lipinski definition) is 0. The number of halogens is 1. The first-order chi connectivity index (χ1) is 10.7. The average molecular weight is 338 g/mol. The lowest BCUT2D eigenvalue weighted by molar-refractivity contribution is 0.186. The third-order valence-electron chi connectivity index (χ3n) is 3.28. The Morgan fingerprint density at radius 3 is 3.09 bits per heavy atom. The zero-order chi connectivity index (χ0) is 15.5. The van der Waals surface area contributed by atoms with Gasteiger partial charge < -0.3 is 14.2 Å². The third-order valence-corrected chi connectivity index (χ3v) is 4.64. The van der Waals surface area contributed by atoms with Crippen LogP contribution in [0.5, 0.6) is 0 Å². The number of ether oxygens (including phenoxy) is 1. The van der Waals surface area contributed by atoms with Crippen molar-refractivity contribution in [3.8, 4) is 0 Å². The molecule has 8 heteroatoms. The van der Waals surface area contributed by atoms with E-state index in [1.165, 1.54) is 0 Å². The molecule has 2 heterocycles. The minimum atomic E-state index is 0.633. The predicted molar refractivity (Wildman–Crippen MR) is 88.6 cm³/mol. The van der Waals surface area contributed by atoms with Gasteiger partial charge in [0.25, 0.3) is 0 Å². The number of rotatable bonds is 6. The molecule has 0 amide bonds. The zero-order valence-electron chi connectivity index (χ0n) is 12.4. The zero-order valence-corrected chi connectivity index (χ0v) is 13.9. The van der Waals surface area contributed by atoms with Gasteiger partial charge in [-0.2, -0.15) is 0 Å². The standard InChI is InChI=1S/C14H16ClN5OS/c1-19(8-13-18-16-9-20(13)5-6-21-2)14-17-11-4-3-10(15)7-12(11)22-14/h3-4,7,9H,5-6,8H2,1-2H3. The van der Waals surface area contributed by atoms with Crippen LogP contribution < -0.4 is 4.90 Å². The number of anilines is 1. The first-order valence-corrected chi connectivity index (χ1v) is 7.99. The van der Waals surface area contributed by atoms with E-state index in [-0.39, 0.29) is 0 Å². The van der Waals surface area contributed by atoms with Crippen molar-refractivity contribution < 1.29 is 4.74 Å². The maximum Gasteiger partial charge on any atom is 0.186 e. The summed E-state index contributed by atoms with van der Waals surface area (Å²) in [5, 5.41) is 9.80. The highest BCUT2D eigenvalue weighted by atomic mass is 35.5. The van der Waals surface area contributed by atoms with E-state index in [9.17, 15) is 0 Å². The topological polar surface area (TPSA) is 56.1 Å². The van der Waals surface area contributed by atoms with Gasteiger partial charge in [0.2, 0.25) is 0 Å². The predicted octanol–water partition coefficient (Wildman–Crippen LogP) is 2.82. The molecule has 0 unspecified atom stereocenters. The van der Waals surface area contributed by atoms with Crippen LogP contribution in [0.15, 0.2) is 24.5 Å². The number of benzene rings is 1. The van der Waals surface area contributed by atoms with Gasteiger partial charge in [0, 0.05) is 25.7 Å². The van der Waals surface area contributed by atoms with E-state index in [0.717, 1.165) is 32.7 Å². The molecular weight excluding hydrogens is 322 g/mol. The Morgan fingerprint density at radius 2 is 2.27 bits per heavy atom. The van der Waals surface area contributed by atoms with Crippen molar-refractivity contribution in [2.75, 3.05) is 25.7 Å². The maximum absolute atomic E-state index is 6.02. The molecule has 0 fully saturated rings. The molecule has 0 aliphatic carbocycles. The van der Waals surface area contributed by atoms with E-state index in [4.69, 9.17) is 16.3 Å². The molecule has 0 spiro atoms. The van der Waals surface area contributed by atoms with Crippen molar-refractivity contribution in [3.05, 3.63) is 35.4 Å². The number of hydrogen-bond acceptors (Lipinski definition) is 6. The summed E-state index contributed by atoms with van der Waals surface area (Å²) in [4.78, 5) is 6.69. The summed E-state index contributed by atoms with van der Waals surface area (Å²) in [7, 11) is 3.68. The molecule has 0 saturated heterocycles. The summed E-state index contributed by atoms with van der Waals surface area (Å²) in [6, 6.07) is 5.73. The average Bonchev–Trinajstić information content (AvgIpc) is 3.11. The first-order valence-electron chi connectivity index (χ1n) is 6.80. The molecule has 0 aliphatic heterocycles. The van der Waals surface area contributed by atoms with Gasteiger partial charge in [-0.1, -0.05) is 22.9 Å². The van der Waals surface area contributed by atoms with Crippen molar-refractivity contribution in [2.45, 2.75) is 13.1 Å². The highest BCUT2D eigenvalue weighted by Gasteiger charge is 2.12. The second-order valence-electron chi connectivity index (χ2n) is 4.90. The van der Waals surface area contributed by atoms with Gasteiger partial charge >= 0.3 is 0 Å². The maximum atomic E-state index is 6.02. The van der Waals surface area contributed by atoms with E-state index in [1.807, 2.05) is 29.8 Å². The second kappa shape index (κ2) is 6.60. The van der Waals surface area contributed by atoms with Crippen LogP contribution in [0.4, 0.5) is 5.13 Å². The number of methoxy groups -OCH3 is 1. The Kier molecular flexibility index (Phi) is 4.56. The van der Waals surface area contributed by atoms with Gasteiger partial charge in [-0.15, -0.1) is 10.2 Å². The van der Waals surface area contributed by atoms with Gasteiger partial charge in [-0.05, 0) is 18.2 Å². The number of nitrogens with zero attached hydrogens (tertiary/aromatic N) is 5. The summed E-state index contributed by atoms with van der Waals surface area (Å²) < 4.78 is 8.17. The van der Waals surface area contributed by atoms with Gasteiger partial charge in [0.05, 0.1) is 23.4 Å². The van der Waals surface area contributed by atoms with Crippen LogP contribution in [0.3, 0.4) is 0 Å². The largest absolute Gasteiger partial charge is 0.383 e. The molecular formula is C14H16ClN5OS. The highest BCUT2D eigenvalue weighted by Crippen LogP contribution is 2.30. The molecule has 6 nitrogen and oxygen atoms in total. The van der Waals surface area contributed by atoms with Crippen LogP contribution in [0.1, 0.15) is 5.82 Å². The van der Waals surface area contributed by atoms with Gasteiger partial charge in [-0.3, -0.25) is 0 Å². The lowest BCUT2D eigenvalue weighted by Crippen LogP contribution is -2.20. The fourth-order valence-electron chi connectivity index (χ4n) is 2.11. The fraction of sp³-hybridized carbons (Fsp3) is 0.357. The van der Waals surface area contributed by atoms with Crippen molar-refractivity contribution in [1.29, 1.82) is 0 Å². The van der Waals surface area contributed by atoms with Crippen LogP contribution >= 0.6 is 22.9 Å². The molecule has 0 atom stereocenters. The molecule has 0 bridgehead atoms. The van der Waals surface area contributed by atoms with Crippen molar-refractivity contribution in [2.24, 2.45) is 0 Å². The first kappa shape index (κ1) is 15.2. The molecule has 0 N–H and O–H groups in total. The Labute approximate surface area is 137 Å². The van der Waals surface area contributed by atoms with Crippen LogP contribution in [-0.4, -0.2) is 40.5 Å². The summed E-state index contributed by atoms with van der Waals surface area (Å²) in [6.07, 6.45) is 1.72. The molecule has 0 radical (unpaired) electrons. The van der Waals surface area contributed by atoms with E-state index in [1.54, 1.807) is 24.8 Å². The lowest BCUT2D eigenvalue weighted by Gasteiger charge is -2.15. The highest BCUT2D eigenvalue weighted by molar-refractivity contribution is 7.22. The van der Waals surface area contributed by atoms with Crippen molar-refractivity contribution >= 4 is 38.3 Å². The van der Waals surface area contributed by atoms with Gasteiger partial charge in [0.15, 0.2) is 11.0 Å². The molecule has 1 aromatic carbocycles. The number of fused-ring (bicyclic) bond motifs is 1. The van der Waals surface area contributed by atoms with Gasteiger partial charge in [0.1, 0.15) is 6.33 Å². The van der Waals surface area contributed by atoms with Crippen molar-refractivity contribution in [1.82, 2.24) is 19.7 Å². The third kappa shape index (κ3) is 3.21. The summed E-state index contributed by atoms with van der Waals surface area (Å²) >= 11 is 7.64. The number of thiazole rings is 1. The van der Waals surface area contributed by atoms with E-state index in [0.29, 0.717) is 13.2 Å². The summed E-state index contributed by atoms with van der Waals surface area (Å²) in [5.41, 5.74) is 0.956. The van der Waals surface area contributed by atoms with E-state index >= 15 is 0 Å². The quantitative estimate of drug-likeness (QED) is 0.692. The Balaban J connectivity index is 1.78. The minimum Gasteiger partial charge on any atom is -0.383 e. The van der Waals surface area contributed by atoms with Crippen molar-refractivity contribution in [3.63, 3.8) is 0 Å². The monoisotopic (exact) mass is 337 g/mol. The lowest BCUT2D eigenvalue weighted by atomic mass is 10.3. The Morgan fingerprint density at radius 1 is 1.41 bits per heavy atom. The Hall–Kier alpha value is -1.70. The smallest absolute Gasteiger partial charge is 0.186 e. The van der Waals surface area contributed by atoms with Crippen LogP contribution in [0, 0.1) is 0 Å². The summed E-state index contributed by atoms with van der Waals surface area (Å²) in [6.45, 7) is 2.01. The fourth-order valence-corrected chi connectivity index (χ4v) is 3.31. The summed E-state index contributed by atoms with van der Waals surface area (Å²) in [5.74, 6) is 0.886. The molecule has 116 valence electrons. The van der Waals surface area contributed by atoms with E-state index < -0.39 is 0 Å². The molecule has 0 aliphatic rings. The minimum absolute atomic E-state index is 0.633. The van der Waals surface area contributed by atoms with Crippen LogP contribution in [0.2, 0.25) is 5.02 Å². The van der Waals surface area contributed by atoms with Crippen LogP contribution in [-0.2, 0) is 17.8 Å². The van der Waals surface area contributed by atoms with E-state index in [2.05, 4.69) is 20.1 Å². The van der Waals surface area contributed by atoms with Crippen LogP contribution in [0.25, 0.3) is 10.2 Å². The SMILES string of the molecule is COCCn1cnnc1CN(C)c1nc2ccc(Cl)cc2s1. The molecule has 0 saturated carbocycles. The molecule has 2 aromatic heterocycles.